The first-order valence-corrected chi connectivity index (χ1v) is 8.32. The molecule has 0 amide bonds. The highest BCUT2D eigenvalue weighted by Gasteiger charge is 2.46. The minimum absolute atomic E-state index is 0.345. The van der Waals surface area contributed by atoms with Crippen LogP contribution in [0.25, 0.3) is 0 Å². The lowest BCUT2D eigenvalue weighted by Crippen LogP contribution is -2.44. The lowest BCUT2D eigenvalue weighted by Gasteiger charge is -2.52. The first-order valence-electron chi connectivity index (χ1n) is 8.32. The van der Waals surface area contributed by atoms with Crippen LogP contribution in [0.15, 0.2) is 30.3 Å². The van der Waals surface area contributed by atoms with Gasteiger partial charge in [0.1, 0.15) is 0 Å². The van der Waals surface area contributed by atoms with Crippen LogP contribution in [0.5, 0.6) is 0 Å². The van der Waals surface area contributed by atoms with E-state index in [-0.39, 0.29) is 0 Å². The summed E-state index contributed by atoms with van der Waals surface area (Å²) in [4.78, 5) is 0. The first kappa shape index (κ1) is 15.6. The molecule has 1 fully saturated rings. The van der Waals surface area contributed by atoms with Crippen molar-refractivity contribution in [1.29, 1.82) is 0 Å². The molecule has 1 aromatic carbocycles. The van der Waals surface area contributed by atoms with Crippen LogP contribution in [0.1, 0.15) is 78.7 Å². The molecule has 0 nitrogen and oxygen atoms in total. The molecule has 20 heavy (non-hydrogen) atoms. The zero-order valence-electron chi connectivity index (χ0n) is 14.1. The van der Waals surface area contributed by atoms with Crippen molar-refractivity contribution in [3.63, 3.8) is 0 Å². The van der Waals surface area contributed by atoms with E-state index in [4.69, 9.17) is 0 Å². The summed E-state index contributed by atoms with van der Waals surface area (Å²) in [6, 6.07) is 11.3. The SMILES string of the molecule is CC(C)(C)CC[C@]1(C)CCCC[C@]1(C)c1ccccc1. The summed E-state index contributed by atoms with van der Waals surface area (Å²) >= 11 is 0. The smallest absolute Gasteiger partial charge is 0.00215 e. The summed E-state index contributed by atoms with van der Waals surface area (Å²) in [5.41, 5.74) is 2.78. The lowest BCUT2D eigenvalue weighted by molar-refractivity contribution is 0.0640. The fourth-order valence-corrected chi connectivity index (χ4v) is 3.92. The molecule has 0 heterocycles. The zero-order valence-corrected chi connectivity index (χ0v) is 14.1. The van der Waals surface area contributed by atoms with E-state index in [0.29, 0.717) is 16.2 Å². The minimum Gasteiger partial charge on any atom is -0.0622 e. The molecular formula is C20H32. The van der Waals surface area contributed by atoms with Crippen molar-refractivity contribution in [2.75, 3.05) is 0 Å². The Morgan fingerprint density at radius 3 is 2.15 bits per heavy atom. The monoisotopic (exact) mass is 272 g/mol. The molecule has 0 spiro atoms. The molecule has 2 rings (SSSR count). The van der Waals surface area contributed by atoms with Crippen molar-refractivity contribution < 1.29 is 0 Å². The van der Waals surface area contributed by atoms with Crippen LogP contribution in [-0.2, 0) is 5.41 Å². The lowest BCUT2D eigenvalue weighted by atomic mass is 9.53. The van der Waals surface area contributed by atoms with Crippen LogP contribution >= 0.6 is 0 Å². The van der Waals surface area contributed by atoms with E-state index >= 15 is 0 Å². The number of hydrogen-bond donors (Lipinski definition) is 0. The fourth-order valence-electron chi connectivity index (χ4n) is 3.92. The van der Waals surface area contributed by atoms with Crippen LogP contribution in [0.3, 0.4) is 0 Å². The van der Waals surface area contributed by atoms with E-state index in [1.165, 1.54) is 38.5 Å². The molecule has 0 bridgehead atoms. The molecule has 1 aliphatic carbocycles. The molecular weight excluding hydrogens is 240 g/mol. The highest BCUT2D eigenvalue weighted by atomic mass is 14.5. The van der Waals surface area contributed by atoms with Gasteiger partial charge in [-0.1, -0.05) is 77.8 Å². The molecule has 1 aromatic rings. The maximum Gasteiger partial charge on any atom is -0.00215 e. The van der Waals surface area contributed by atoms with Gasteiger partial charge in [-0.3, -0.25) is 0 Å². The fraction of sp³-hybridized carbons (Fsp3) is 0.700. The average Bonchev–Trinajstić information content (AvgIpc) is 2.41. The maximum atomic E-state index is 2.55. The Morgan fingerprint density at radius 2 is 1.55 bits per heavy atom. The quantitative estimate of drug-likeness (QED) is 0.601. The van der Waals surface area contributed by atoms with E-state index in [1.54, 1.807) is 5.56 Å². The molecule has 2 atom stereocenters. The van der Waals surface area contributed by atoms with Crippen molar-refractivity contribution >= 4 is 0 Å². The van der Waals surface area contributed by atoms with Crippen LogP contribution in [0.4, 0.5) is 0 Å². The summed E-state index contributed by atoms with van der Waals surface area (Å²) < 4.78 is 0. The first-order chi connectivity index (χ1) is 9.27. The largest absolute Gasteiger partial charge is 0.0622 e. The second-order valence-electron chi connectivity index (χ2n) is 8.53. The Bertz CT molecular complexity index is 425. The Balaban J connectivity index is 2.28. The minimum atomic E-state index is 0.345. The van der Waals surface area contributed by atoms with E-state index in [2.05, 4.69) is 65.0 Å². The van der Waals surface area contributed by atoms with Gasteiger partial charge in [0.05, 0.1) is 0 Å². The molecule has 0 saturated heterocycles. The highest BCUT2D eigenvalue weighted by Crippen LogP contribution is 2.55. The molecule has 0 heteroatoms. The summed E-state index contributed by atoms with van der Waals surface area (Å²) in [5.74, 6) is 0. The third-order valence-electron chi connectivity index (χ3n) is 5.83. The standard InChI is InChI=1S/C20H32/c1-18(2,3)15-16-19(4)13-9-10-14-20(19,5)17-11-7-6-8-12-17/h6-8,11-12H,9-10,13-16H2,1-5H3/t19-,20+/m0/s1. The van der Waals surface area contributed by atoms with Crippen LogP contribution in [0, 0.1) is 10.8 Å². The number of rotatable bonds is 3. The summed E-state index contributed by atoms with van der Waals surface area (Å²) in [6.45, 7) is 12.2. The van der Waals surface area contributed by atoms with Crippen LogP contribution < -0.4 is 0 Å². The molecule has 112 valence electrons. The van der Waals surface area contributed by atoms with E-state index in [1.807, 2.05) is 0 Å². The Kier molecular flexibility index (Phi) is 4.33. The molecule has 0 aromatic heterocycles. The van der Waals surface area contributed by atoms with Crippen molar-refractivity contribution in [3.05, 3.63) is 35.9 Å². The summed E-state index contributed by atoms with van der Waals surface area (Å²) in [6.07, 6.45) is 8.19. The van der Waals surface area contributed by atoms with Gasteiger partial charge in [-0.2, -0.15) is 0 Å². The molecule has 0 N–H and O–H groups in total. The Morgan fingerprint density at radius 1 is 0.950 bits per heavy atom. The molecule has 0 aliphatic heterocycles. The second kappa shape index (κ2) is 5.54. The van der Waals surface area contributed by atoms with Crippen LogP contribution in [-0.4, -0.2) is 0 Å². The van der Waals surface area contributed by atoms with Gasteiger partial charge in [0.2, 0.25) is 0 Å². The third-order valence-corrected chi connectivity index (χ3v) is 5.83. The number of benzene rings is 1. The summed E-state index contributed by atoms with van der Waals surface area (Å²) in [5, 5.41) is 0. The average molecular weight is 272 g/mol. The topological polar surface area (TPSA) is 0 Å². The van der Waals surface area contributed by atoms with Crippen molar-refractivity contribution in [2.24, 2.45) is 10.8 Å². The molecule has 0 radical (unpaired) electrons. The van der Waals surface area contributed by atoms with E-state index in [9.17, 15) is 0 Å². The van der Waals surface area contributed by atoms with Gasteiger partial charge >= 0.3 is 0 Å². The van der Waals surface area contributed by atoms with Gasteiger partial charge < -0.3 is 0 Å². The molecule has 1 aliphatic rings. The van der Waals surface area contributed by atoms with Gasteiger partial charge in [-0.25, -0.2) is 0 Å². The van der Waals surface area contributed by atoms with Gasteiger partial charge in [0.25, 0.3) is 0 Å². The Labute approximate surface area is 126 Å². The van der Waals surface area contributed by atoms with Crippen LogP contribution in [0.2, 0.25) is 0 Å². The van der Waals surface area contributed by atoms with E-state index < -0.39 is 0 Å². The normalized spacial score (nSPS) is 31.2. The molecule has 0 unspecified atom stereocenters. The Hall–Kier alpha value is -0.780. The van der Waals surface area contributed by atoms with Crippen molar-refractivity contribution in [1.82, 2.24) is 0 Å². The van der Waals surface area contributed by atoms with Crippen molar-refractivity contribution in [2.45, 2.75) is 78.6 Å². The van der Waals surface area contributed by atoms with Gasteiger partial charge in [0, 0.05) is 0 Å². The predicted molar refractivity (Wildman–Crippen MR) is 89.1 cm³/mol. The van der Waals surface area contributed by atoms with Gasteiger partial charge in [-0.15, -0.1) is 0 Å². The summed E-state index contributed by atoms with van der Waals surface area (Å²) in [7, 11) is 0. The third kappa shape index (κ3) is 3.10. The van der Waals surface area contributed by atoms with E-state index in [0.717, 1.165) is 0 Å². The van der Waals surface area contributed by atoms with Gasteiger partial charge in [0.15, 0.2) is 0 Å². The second-order valence-corrected chi connectivity index (χ2v) is 8.53. The molecule has 1 saturated carbocycles. The highest BCUT2D eigenvalue weighted by molar-refractivity contribution is 5.28. The predicted octanol–water partition coefficient (Wildman–Crippen LogP) is 6.35. The zero-order chi connectivity index (χ0) is 14.9. The van der Waals surface area contributed by atoms with Gasteiger partial charge in [-0.05, 0) is 47.5 Å². The van der Waals surface area contributed by atoms with Crippen molar-refractivity contribution in [3.8, 4) is 0 Å². The number of hydrogen-bond acceptors (Lipinski definition) is 0. The maximum absolute atomic E-state index is 2.55.